The van der Waals surface area contributed by atoms with Crippen LogP contribution in [0.2, 0.25) is 0 Å². The molecule has 0 aromatic rings. The summed E-state index contributed by atoms with van der Waals surface area (Å²) in [4.78, 5) is 26.2. The molecule has 0 spiro atoms. The molecule has 0 saturated carbocycles. The summed E-state index contributed by atoms with van der Waals surface area (Å²) >= 11 is 0. The first-order valence-corrected chi connectivity index (χ1v) is 6.99. The topological polar surface area (TPSA) is 49.4 Å². The van der Waals surface area contributed by atoms with Crippen molar-refractivity contribution in [1.82, 2.24) is 10.2 Å². The Morgan fingerprint density at radius 3 is 2.42 bits per heavy atom. The van der Waals surface area contributed by atoms with Crippen LogP contribution in [0.25, 0.3) is 0 Å². The molecule has 1 rings (SSSR count). The summed E-state index contributed by atoms with van der Waals surface area (Å²) < 4.78 is 12.4. The van der Waals surface area contributed by atoms with E-state index in [2.05, 4.69) is 5.32 Å². The molecule has 1 N–H and O–H groups in total. The first-order chi connectivity index (χ1) is 8.82. The van der Waals surface area contributed by atoms with Crippen LogP contribution >= 0.6 is 0 Å². The molecule has 19 heavy (non-hydrogen) atoms. The van der Waals surface area contributed by atoms with E-state index < -0.39 is 18.8 Å². The number of rotatable bonds is 5. The average molecular weight is 272 g/mol. The van der Waals surface area contributed by atoms with Crippen LogP contribution in [-0.4, -0.2) is 42.0 Å². The lowest BCUT2D eigenvalue weighted by Crippen LogP contribution is -2.66. The Bertz CT molecular complexity index is 339. The van der Waals surface area contributed by atoms with Gasteiger partial charge in [-0.25, -0.2) is 0 Å². The highest BCUT2D eigenvalue weighted by Crippen LogP contribution is 2.28. The van der Waals surface area contributed by atoms with E-state index in [1.165, 1.54) is 0 Å². The monoisotopic (exact) mass is 272 g/mol. The van der Waals surface area contributed by atoms with Crippen molar-refractivity contribution in [2.75, 3.05) is 13.2 Å². The van der Waals surface area contributed by atoms with Gasteiger partial charge < -0.3 is 10.2 Å². The number of hydrogen-bond acceptors (Lipinski definition) is 2. The van der Waals surface area contributed by atoms with E-state index in [9.17, 15) is 14.0 Å². The van der Waals surface area contributed by atoms with Gasteiger partial charge in [0.1, 0.15) is 12.1 Å². The Labute approximate surface area is 114 Å². The summed E-state index contributed by atoms with van der Waals surface area (Å²) in [6, 6.07) is -0.963. The molecule has 0 radical (unpaired) electrons. The van der Waals surface area contributed by atoms with Crippen molar-refractivity contribution >= 4 is 11.8 Å². The molecule has 1 saturated heterocycles. The van der Waals surface area contributed by atoms with Crippen LogP contribution in [0.15, 0.2) is 0 Å². The molecule has 1 aliphatic heterocycles. The van der Waals surface area contributed by atoms with Gasteiger partial charge in [-0.3, -0.25) is 14.0 Å². The average Bonchev–Trinajstić information content (AvgIpc) is 2.30. The van der Waals surface area contributed by atoms with Gasteiger partial charge in [0.15, 0.2) is 0 Å². The molecular formula is C14H25FN2O2. The molecule has 1 heterocycles. The lowest BCUT2D eigenvalue weighted by molar-refractivity contribution is -0.154. The zero-order chi connectivity index (χ0) is 14.6. The summed E-state index contributed by atoms with van der Waals surface area (Å²) in [7, 11) is 0. The largest absolute Gasteiger partial charge is 0.342 e. The fourth-order valence-electron chi connectivity index (χ4n) is 2.60. The minimum Gasteiger partial charge on any atom is -0.342 e. The number of hydrogen-bond donors (Lipinski definition) is 1. The third-order valence-electron chi connectivity index (χ3n) is 3.39. The third-order valence-corrected chi connectivity index (χ3v) is 3.39. The maximum atomic E-state index is 12.4. The second-order valence-corrected chi connectivity index (χ2v) is 6.19. The molecule has 1 fully saturated rings. The maximum absolute atomic E-state index is 12.4. The van der Waals surface area contributed by atoms with Gasteiger partial charge in [-0.15, -0.1) is 0 Å². The van der Waals surface area contributed by atoms with Crippen molar-refractivity contribution in [2.24, 2.45) is 5.41 Å². The molecule has 5 heteroatoms. The predicted molar refractivity (Wildman–Crippen MR) is 72.4 cm³/mol. The maximum Gasteiger partial charge on any atom is 0.245 e. The number of nitrogens with one attached hydrogen (secondary N) is 1. The first-order valence-electron chi connectivity index (χ1n) is 6.99. The number of carbonyl (C=O) groups is 2. The minimum absolute atomic E-state index is 0.0742. The number of amides is 2. The van der Waals surface area contributed by atoms with Crippen LogP contribution in [0.1, 0.15) is 47.0 Å². The fourth-order valence-corrected chi connectivity index (χ4v) is 2.60. The fraction of sp³-hybridized carbons (Fsp3) is 0.857. The second-order valence-electron chi connectivity index (χ2n) is 6.19. The quantitative estimate of drug-likeness (QED) is 0.831. The number of halogens is 1. The molecule has 2 amide bonds. The van der Waals surface area contributed by atoms with Crippen molar-refractivity contribution in [1.29, 1.82) is 0 Å². The normalized spacial score (nSPS) is 24.6. The van der Waals surface area contributed by atoms with Gasteiger partial charge in [0.05, 0.1) is 6.67 Å². The van der Waals surface area contributed by atoms with Crippen LogP contribution < -0.4 is 5.32 Å². The zero-order valence-electron chi connectivity index (χ0n) is 12.3. The van der Waals surface area contributed by atoms with Gasteiger partial charge in [0.2, 0.25) is 11.8 Å². The summed E-state index contributed by atoms with van der Waals surface area (Å²) in [5.41, 5.74) is -0.354. The SMILES string of the molecule is CCCC1NC(=O)C(C(C)(C)C)N(CCCF)C1=O. The van der Waals surface area contributed by atoms with E-state index in [4.69, 9.17) is 0 Å². The molecule has 4 nitrogen and oxygen atoms in total. The molecule has 0 aromatic carbocycles. The molecule has 2 unspecified atom stereocenters. The van der Waals surface area contributed by atoms with E-state index >= 15 is 0 Å². The lowest BCUT2D eigenvalue weighted by Gasteiger charge is -2.44. The molecule has 0 aliphatic carbocycles. The van der Waals surface area contributed by atoms with Gasteiger partial charge in [-0.05, 0) is 18.3 Å². The van der Waals surface area contributed by atoms with Crippen LogP contribution in [-0.2, 0) is 9.59 Å². The van der Waals surface area contributed by atoms with Crippen molar-refractivity contribution in [3.05, 3.63) is 0 Å². The van der Waals surface area contributed by atoms with Crippen LogP contribution in [0.3, 0.4) is 0 Å². The van der Waals surface area contributed by atoms with Gasteiger partial charge >= 0.3 is 0 Å². The van der Waals surface area contributed by atoms with Gasteiger partial charge in [0.25, 0.3) is 0 Å². The van der Waals surface area contributed by atoms with Crippen LogP contribution in [0.5, 0.6) is 0 Å². The van der Waals surface area contributed by atoms with E-state index in [1.807, 2.05) is 27.7 Å². The molecule has 0 aromatic heterocycles. The number of nitrogens with zero attached hydrogens (tertiary/aromatic N) is 1. The highest BCUT2D eigenvalue weighted by molar-refractivity contribution is 5.97. The Morgan fingerprint density at radius 1 is 1.32 bits per heavy atom. The van der Waals surface area contributed by atoms with Crippen molar-refractivity contribution in [3.63, 3.8) is 0 Å². The summed E-state index contributed by atoms with van der Waals surface area (Å²) in [6.07, 6.45) is 1.74. The molecule has 110 valence electrons. The van der Waals surface area contributed by atoms with Crippen molar-refractivity contribution in [2.45, 2.75) is 59.0 Å². The third kappa shape index (κ3) is 3.67. The number of piperazine rings is 1. The lowest BCUT2D eigenvalue weighted by atomic mass is 9.82. The highest BCUT2D eigenvalue weighted by Gasteiger charge is 2.45. The van der Waals surface area contributed by atoms with Gasteiger partial charge in [-0.1, -0.05) is 34.1 Å². The Morgan fingerprint density at radius 2 is 1.95 bits per heavy atom. The molecule has 2 atom stereocenters. The smallest absolute Gasteiger partial charge is 0.245 e. The van der Waals surface area contributed by atoms with E-state index in [-0.39, 0.29) is 23.7 Å². The van der Waals surface area contributed by atoms with E-state index in [0.717, 1.165) is 6.42 Å². The van der Waals surface area contributed by atoms with Gasteiger partial charge in [-0.2, -0.15) is 0 Å². The van der Waals surface area contributed by atoms with E-state index in [0.29, 0.717) is 13.0 Å². The summed E-state index contributed by atoms with van der Waals surface area (Å²) in [5.74, 6) is -0.195. The van der Waals surface area contributed by atoms with Crippen LogP contribution in [0, 0.1) is 5.41 Å². The number of alkyl halides is 1. The van der Waals surface area contributed by atoms with Gasteiger partial charge in [0, 0.05) is 6.54 Å². The van der Waals surface area contributed by atoms with Crippen molar-refractivity contribution < 1.29 is 14.0 Å². The van der Waals surface area contributed by atoms with Crippen molar-refractivity contribution in [3.8, 4) is 0 Å². The Balaban J connectivity index is 2.96. The van der Waals surface area contributed by atoms with Crippen LogP contribution in [0.4, 0.5) is 4.39 Å². The molecule has 0 bridgehead atoms. The summed E-state index contributed by atoms with van der Waals surface area (Å²) in [6.45, 7) is 7.58. The highest BCUT2D eigenvalue weighted by atomic mass is 19.1. The Kier molecular flexibility index (Phi) is 5.32. The standard InChI is InChI=1S/C14H25FN2O2/c1-5-7-10-13(19)17(9-6-8-15)11(12(18)16-10)14(2,3)4/h10-11H,5-9H2,1-4H3,(H,16,18). The Hall–Kier alpha value is -1.13. The predicted octanol–water partition coefficient (Wildman–Crippen LogP) is 1.89. The minimum atomic E-state index is -0.514. The molecular weight excluding hydrogens is 247 g/mol. The zero-order valence-corrected chi connectivity index (χ0v) is 12.3. The summed E-state index contributed by atoms with van der Waals surface area (Å²) in [5, 5.41) is 2.81. The second kappa shape index (κ2) is 6.35. The van der Waals surface area contributed by atoms with E-state index in [1.54, 1.807) is 4.90 Å². The number of carbonyl (C=O) groups excluding carboxylic acids is 2. The first kappa shape index (κ1) is 15.9. The molecule has 1 aliphatic rings.